The maximum Gasteiger partial charge on any atom is 0.142 e. The normalized spacial score (nSPS) is 18.6. The summed E-state index contributed by atoms with van der Waals surface area (Å²) in [4.78, 5) is 4.91. The summed E-state index contributed by atoms with van der Waals surface area (Å²) in [6.45, 7) is 0. The van der Waals surface area contributed by atoms with Crippen LogP contribution in [0.2, 0.25) is 0 Å². The lowest BCUT2D eigenvalue weighted by Gasteiger charge is -2.32. The van der Waals surface area contributed by atoms with E-state index in [2.05, 4.69) is 34.9 Å². The first kappa shape index (κ1) is 15.1. The van der Waals surface area contributed by atoms with Gasteiger partial charge in [0.05, 0.1) is 0 Å². The van der Waals surface area contributed by atoms with Crippen LogP contribution < -0.4 is 0 Å². The number of aromatic nitrogens is 2. The molecule has 0 radical (unpaired) electrons. The van der Waals surface area contributed by atoms with Crippen molar-refractivity contribution in [2.45, 2.75) is 63.8 Å². The maximum absolute atomic E-state index is 5.66. The lowest BCUT2D eigenvalue weighted by atomic mass is 9.91. The average molecular weight is 324 g/mol. The summed E-state index contributed by atoms with van der Waals surface area (Å²) in [7, 11) is 0. The van der Waals surface area contributed by atoms with Crippen LogP contribution in [0.25, 0.3) is 11.4 Å². The van der Waals surface area contributed by atoms with Crippen molar-refractivity contribution in [3.8, 4) is 11.4 Å². The fourth-order valence-electron chi connectivity index (χ4n) is 4.25. The summed E-state index contributed by atoms with van der Waals surface area (Å²) in [5.74, 6) is 1.10. The molecule has 120 valence electrons. The third-order valence-corrected chi connectivity index (χ3v) is 5.73. The molecule has 0 bridgehead atoms. The van der Waals surface area contributed by atoms with E-state index in [1.807, 2.05) is 0 Å². The first-order valence-corrected chi connectivity index (χ1v) is 9.45. The number of fused-ring (bicyclic) bond motifs is 1. The summed E-state index contributed by atoms with van der Waals surface area (Å²) in [5, 5.41) is 0. The number of hydrogen-bond donors (Lipinski definition) is 0. The van der Waals surface area contributed by atoms with E-state index in [0.29, 0.717) is 6.04 Å². The Kier molecular flexibility index (Phi) is 4.30. The summed E-state index contributed by atoms with van der Waals surface area (Å²) in [5.41, 5.74) is 4.05. The van der Waals surface area contributed by atoms with Crippen LogP contribution in [0.1, 0.15) is 62.2 Å². The summed E-state index contributed by atoms with van der Waals surface area (Å²) < 4.78 is 3.42. The molecule has 23 heavy (non-hydrogen) atoms. The van der Waals surface area contributed by atoms with Gasteiger partial charge in [0.1, 0.15) is 10.5 Å². The van der Waals surface area contributed by atoms with Gasteiger partial charge >= 0.3 is 0 Å². The fraction of sp³-hybridized carbons (Fsp3) is 0.500. The summed E-state index contributed by atoms with van der Waals surface area (Å²) >= 11 is 5.66. The molecule has 0 aliphatic heterocycles. The van der Waals surface area contributed by atoms with Crippen LogP contribution in [0.4, 0.5) is 0 Å². The molecule has 0 unspecified atom stereocenters. The molecule has 0 spiro atoms. The molecular formula is C20H24N2S. The summed E-state index contributed by atoms with van der Waals surface area (Å²) in [6, 6.07) is 11.2. The molecule has 1 fully saturated rings. The maximum atomic E-state index is 5.66. The Labute approximate surface area is 143 Å². The number of benzene rings is 1. The predicted octanol–water partition coefficient (Wildman–Crippen LogP) is 5.66. The van der Waals surface area contributed by atoms with E-state index in [0.717, 1.165) is 23.3 Å². The molecule has 1 heterocycles. The quantitative estimate of drug-likeness (QED) is 0.663. The second-order valence-electron chi connectivity index (χ2n) is 6.90. The van der Waals surface area contributed by atoms with Crippen molar-refractivity contribution in [3.05, 3.63) is 46.2 Å². The molecule has 0 saturated heterocycles. The standard InChI is InChI=1S/C20H24N2S/c23-20-17-13-7-8-14-18(17)22(16-11-5-2-6-12-16)19(21-20)15-9-3-1-4-10-15/h1,3-4,9-10,16H,2,5-8,11-14H2. The topological polar surface area (TPSA) is 17.8 Å². The van der Waals surface area contributed by atoms with Gasteiger partial charge in [-0.2, -0.15) is 0 Å². The molecule has 2 aromatic rings. The molecule has 0 atom stereocenters. The Morgan fingerprint density at radius 1 is 0.913 bits per heavy atom. The molecule has 0 amide bonds. The van der Waals surface area contributed by atoms with Crippen LogP contribution >= 0.6 is 12.2 Å². The number of rotatable bonds is 2. The van der Waals surface area contributed by atoms with Gasteiger partial charge in [0, 0.05) is 22.9 Å². The minimum Gasteiger partial charge on any atom is -0.326 e. The number of hydrogen-bond acceptors (Lipinski definition) is 2. The second kappa shape index (κ2) is 6.56. The van der Waals surface area contributed by atoms with E-state index in [1.165, 1.54) is 61.8 Å². The van der Waals surface area contributed by atoms with Gasteiger partial charge in [-0.25, -0.2) is 4.98 Å². The van der Waals surface area contributed by atoms with Gasteiger partial charge in [-0.15, -0.1) is 0 Å². The van der Waals surface area contributed by atoms with Crippen molar-refractivity contribution < 1.29 is 0 Å². The molecule has 4 rings (SSSR count). The Balaban J connectivity index is 1.93. The monoisotopic (exact) mass is 324 g/mol. The van der Waals surface area contributed by atoms with Crippen molar-refractivity contribution in [1.82, 2.24) is 9.55 Å². The highest BCUT2D eigenvalue weighted by Crippen LogP contribution is 2.36. The van der Waals surface area contributed by atoms with Crippen LogP contribution in [0.3, 0.4) is 0 Å². The number of nitrogens with zero attached hydrogens (tertiary/aromatic N) is 2. The van der Waals surface area contributed by atoms with Gasteiger partial charge in [-0.3, -0.25) is 0 Å². The summed E-state index contributed by atoms with van der Waals surface area (Å²) in [6.07, 6.45) is 11.5. The van der Waals surface area contributed by atoms with E-state index in [4.69, 9.17) is 17.2 Å². The highest BCUT2D eigenvalue weighted by Gasteiger charge is 2.25. The molecule has 0 N–H and O–H groups in total. The highest BCUT2D eigenvalue weighted by atomic mass is 32.1. The molecule has 2 aliphatic rings. The van der Waals surface area contributed by atoms with E-state index in [9.17, 15) is 0 Å². The van der Waals surface area contributed by atoms with Gasteiger partial charge in [0.15, 0.2) is 0 Å². The van der Waals surface area contributed by atoms with Gasteiger partial charge in [-0.05, 0) is 38.5 Å². The Morgan fingerprint density at radius 2 is 1.65 bits per heavy atom. The Morgan fingerprint density at radius 3 is 2.43 bits per heavy atom. The van der Waals surface area contributed by atoms with Crippen LogP contribution in [-0.2, 0) is 12.8 Å². The minimum atomic E-state index is 0.605. The zero-order valence-electron chi connectivity index (χ0n) is 13.6. The molecule has 3 heteroatoms. The second-order valence-corrected chi connectivity index (χ2v) is 7.29. The van der Waals surface area contributed by atoms with Crippen LogP contribution in [0, 0.1) is 4.64 Å². The van der Waals surface area contributed by atoms with E-state index in [1.54, 1.807) is 0 Å². The largest absolute Gasteiger partial charge is 0.326 e. The SMILES string of the molecule is S=c1nc(-c2ccccc2)n(C2CCCCC2)c2c1CCCC2. The van der Waals surface area contributed by atoms with Crippen molar-refractivity contribution >= 4 is 12.2 Å². The first-order valence-electron chi connectivity index (χ1n) is 9.04. The van der Waals surface area contributed by atoms with E-state index < -0.39 is 0 Å². The van der Waals surface area contributed by atoms with Crippen molar-refractivity contribution in [2.75, 3.05) is 0 Å². The van der Waals surface area contributed by atoms with Gasteiger partial charge in [-0.1, -0.05) is 61.8 Å². The van der Waals surface area contributed by atoms with Crippen LogP contribution in [0.5, 0.6) is 0 Å². The van der Waals surface area contributed by atoms with E-state index in [-0.39, 0.29) is 0 Å². The molecule has 2 nitrogen and oxygen atoms in total. The minimum absolute atomic E-state index is 0.605. The van der Waals surface area contributed by atoms with Crippen molar-refractivity contribution in [2.24, 2.45) is 0 Å². The smallest absolute Gasteiger partial charge is 0.142 e. The first-order chi connectivity index (χ1) is 11.3. The molecule has 1 saturated carbocycles. The third-order valence-electron chi connectivity index (χ3n) is 5.40. The Bertz CT molecular complexity index is 742. The lowest BCUT2D eigenvalue weighted by molar-refractivity contribution is 0.341. The fourth-order valence-corrected chi connectivity index (χ4v) is 4.56. The average Bonchev–Trinajstić information content (AvgIpc) is 2.63. The zero-order chi connectivity index (χ0) is 15.6. The van der Waals surface area contributed by atoms with Crippen LogP contribution in [0.15, 0.2) is 30.3 Å². The zero-order valence-corrected chi connectivity index (χ0v) is 14.4. The highest BCUT2D eigenvalue weighted by molar-refractivity contribution is 7.71. The molecular weight excluding hydrogens is 300 g/mol. The predicted molar refractivity (Wildman–Crippen MR) is 97.3 cm³/mol. The molecule has 2 aliphatic carbocycles. The van der Waals surface area contributed by atoms with E-state index >= 15 is 0 Å². The third kappa shape index (κ3) is 2.87. The molecule has 1 aromatic carbocycles. The van der Waals surface area contributed by atoms with Crippen molar-refractivity contribution in [1.29, 1.82) is 0 Å². The van der Waals surface area contributed by atoms with Crippen molar-refractivity contribution in [3.63, 3.8) is 0 Å². The van der Waals surface area contributed by atoms with Crippen LogP contribution in [-0.4, -0.2) is 9.55 Å². The van der Waals surface area contributed by atoms with Gasteiger partial charge < -0.3 is 4.57 Å². The lowest BCUT2D eigenvalue weighted by Crippen LogP contribution is -2.23. The van der Waals surface area contributed by atoms with Gasteiger partial charge in [0.2, 0.25) is 0 Å². The molecule has 1 aromatic heterocycles. The Hall–Kier alpha value is -1.48. The van der Waals surface area contributed by atoms with Gasteiger partial charge in [0.25, 0.3) is 0 Å².